The molecule has 0 bridgehead atoms. The van der Waals surface area contributed by atoms with E-state index in [9.17, 15) is 14.7 Å². The number of para-hydroxylation sites is 1. The average Bonchev–Trinajstić information content (AvgIpc) is 2.77. The van der Waals surface area contributed by atoms with Crippen molar-refractivity contribution < 1.29 is 14.7 Å². The third-order valence-electron chi connectivity index (χ3n) is 5.83. The molecule has 2 aromatic carbocycles. The minimum absolute atomic E-state index is 0.167. The summed E-state index contributed by atoms with van der Waals surface area (Å²) < 4.78 is 0. The number of phenolic OH excluding ortho intramolecular Hbond substituents is 1. The Morgan fingerprint density at radius 1 is 1.00 bits per heavy atom. The minimum atomic E-state index is -0.185. The number of rotatable bonds is 6. The first kappa shape index (κ1) is 19.0. The van der Waals surface area contributed by atoms with Gasteiger partial charge >= 0.3 is 0 Å². The molecular formula is C24H24N2O3. The van der Waals surface area contributed by atoms with Gasteiger partial charge in [-0.1, -0.05) is 55.8 Å². The highest BCUT2D eigenvalue weighted by atomic mass is 16.3. The molecule has 2 atom stereocenters. The molecule has 2 unspecified atom stereocenters. The summed E-state index contributed by atoms with van der Waals surface area (Å²) >= 11 is 0. The monoisotopic (exact) mass is 388 g/mol. The lowest BCUT2D eigenvalue weighted by Gasteiger charge is -2.37. The zero-order valence-corrected chi connectivity index (χ0v) is 16.2. The summed E-state index contributed by atoms with van der Waals surface area (Å²) in [6.45, 7) is 3.91. The van der Waals surface area contributed by atoms with Crippen molar-refractivity contribution in [3.63, 3.8) is 0 Å². The Labute approximate surface area is 170 Å². The number of benzene rings is 2. The van der Waals surface area contributed by atoms with Gasteiger partial charge in [0.15, 0.2) is 6.29 Å². The van der Waals surface area contributed by atoms with Gasteiger partial charge in [0.2, 0.25) is 5.78 Å². The zero-order chi connectivity index (χ0) is 20.4. The van der Waals surface area contributed by atoms with Crippen LogP contribution in [0.4, 0.5) is 5.69 Å². The van der Waals surface area contributed by atoms with E-state index in [-0.39, 0.29) is 23.1 Å². The standard InChI is InChI=1S/C24H24N2O3/c1-15-21(22(23(15)28)26-20-13-7-10-17(14-27)24(20)29)25-19-12-6-5-11-18(19)16-8-3-2-4-9-16/h2-4,7-10,13-14,18-19,25-26,29H,1,5-6,11-12H2. The number of aldehydes is 1. The number of carbonyl (C=O) groups is 2. The van der Waals surface area contributed by atoms with Gasteiger partial charge in [-0.25, -0.2) is 0 Å². The Morgan fingerprint density at radius 3 is 2.52 bits per heavy atom. The largest absolute Gasteiger partial charge is 0.505 e. The van der Waals surface area contributed by atoms with Crippen LogP contribution in [0, 0.1) is 0 Å². The van der Waals surface area contributed by atoms with Gasteiger partial charge in [0, 0.05) is 17.5 Å². The van der Waals surface area contributed by atoms with Crippen LogP contribution in [-0.4, -0.2) is 23.2 Å². The lowest BCUT2D eigenvalue weighted by atomic mass is 9.79. The lowest BCUT2D eigenvalue weighted by molar-refractivity contribution is -0.113. The Bertz CT molecular complexity index is 994. The molecule has 2 aromatic rings. The molecule has 1 fully saturated rings. The van der Waals surface area contributed by atoms with E-state index in [1.807, 2.05) is 6.07 Å². The van der Waals surface area contributed by atoms with Gasteiger partial charge in [-0.05, 0) is 30.5 Å². The molecule has 0 aliphatic heterocycles. The van der Waals surface area contributed by atoms with E-state index in [4.69, 9.17) is 0 Å². The van der Waals surface area contributed by atoms with Crippen LogP contribution in [0.5, 0.6) is 5.75 Å². The second kappa shape index (κ2) is 7.95. The topological polar surface area (TPSA) is 78.4 Å². The van der Waals surface area contributed by atoms with Gasteiger partial charge in [-0.2, -0.15) is 0 Å². The molecule has 2 aliphatic rings. The second-order valence-corrected chi connectivity index (χ2v) is 7.60. The summed E-state index contributed by atoms with van der Waals surface area (Å²) in [5, 5.41) is 16.8. The fourth-order valence-corrected chi connectivity index (χ4v) is 4.23. The summed E-state index contributed by atoms with van der Waals surface area (Å²) in [6, 6.07) is 15.5. The Morgan fingerprint density at radius 2 is 1.76 bits per heavy atom. The number of hydrogen-bond acceptors (Lipinski definition) is 5. The summed E-state index contributed by atoms with van der Waals surface area (Å²) in [4.78, 5) is 23.5. The van der Waals surface area contributed by atoms with Crippen molar-refractivity contribution in [2.24, 2.45) is 0 Å². The Kier molecular flexibility index (Phi) is 5.21. The molecule has 2 aliphatic carbocycles. The highest BCUT2D eigenvalue weighted by Crippen LogP contribution is 2.37. The van der Waals surface area contributed by atoms with E-state index in [1.165, 1.54) is 18.1 Å². The highest BCUT2D eigenvalue weighted by molar-refractivity contribution is 6.21. The molecule has 5 heteroatoms. The van der Waals surface area contributed by atoms with E-state index >= 15 is 0 Å². The lowest BCUT2D eigenvalue weighted by Crippen LogP contribution is -2.43. The molecule has 0 amide bonds. The molecule has 1 saturated carbocycles. The number of nitrogens with one attached hydrogen (secondary N) is 2. The number of ketones is 1. The van der Waals surface area contributed by atoms with Crippen molar-refractivity contribution in [2.75, 3.05) is 5.32 Å². The van der Waals surface area contributed by atoms with Gasteiger partial charge in [0.1, 0.15) is 11.4 Å². The predicted molar refractivity (Wildman–Crippen MR) is 113 cm³/mol. The average molecular weight is 388 g/mol. The second-order valence-electron chi connectivity index (χ2n) is 7.60. The summed E-state index contributed by atoms with van der Waals surface area (Å²) in [7, 11) is 0. The van der Waals surface area contributed by atoms with Crippen LogP contribution in [0.3, 0.4) is 0 Å². The van der Waals surface area contributed by atoms with E-state index in [0.717, 1.165) is 19.3 Å². The molecule has 4 rings (SSSR count). The number of phenols is 1. The summed E-state index contributed by atoms with van der Waals surface area (Å²) in [5.41, 5.74) is 3.31. The normalized spacial score (nSPS) is 21.5. The predicted octanol–water partition coefficient (Wildman–Crippen LogP) is 4.28. The van der Waals surface area contributed by atoms with E-state index < -0.39 is 0 Å². The molecule has 0 heterocycles. The Hall–Kier alpha value is -3.34. The number of anilines is 1. The van der Waals surface area contributed by atoms with Gasteiger partial charge in [-0.15, -0.1) is 0 Å². The molecule has 148 valence electrons. The number of carbonyl (C=O) groups excluding carboxylic acids is 2. The first-order chi connectivity index (χ1) is 14.1. The number of allylic oxidation sites excluding steroid dienone is 2. The van der Waals surface area contributed by atoms with Crippen LogP contribution < -0.4 is 10.6 Å². The Balaban J connectivity index is 1.60. The van der Waals surface area contributed by atoms with Crippen molar-refractivity contribution in [1.29, 1.82) is 0 Å². The molecule has 0 aromatic heterocycles. The quantitative estimate of drug-likeness (QED) is 0.391. The van der Waals surface area contributed by atoms with Gasteiger partial charge in [0.05, 0.1) is 16.9 Å². The molecule has 3 N–H and O–H groups in total. The van der Waals surface area contributed by atoms with E-state index in [0.29, 0.717) is 34.9 Å². The van der Waals surface area contributed by atoms with Crippen LogP contribution >= 0.6 is 0 Å². The van der Waals surface area contributed by atoms with Crippen LogP contribution in [0.15, 0.2) is 72.1 Å². The number of Topliss-reactive ketones (excluding diaryl/α,β-unsaturated/α-hetero) is 1. The van der Waals surface area contributed by atoms with Crippen molar-refractivity contribution in [1.82, 2.24) is 5.32 Å². The van der Waals surface area contributed by atoms with Crippen LogP contribution in [-0.2, 0) is 4.79 Å². The van der Waals surface area contributed by atoms with Gasteiger partial charge in [0.25, 0.3) is 0 Å². The van der Waals surface area contributed by atoms with Crippen molar-refractivity contribution in [3.8, 4) is 5.75 Å². The number of aromatic hydroxyl groups is 1. The highest BCUT2D eigenvalue weighted by Gasteiger charge is 2.36. The molecule has 0 saturated heterocycles. The smallest absolute Gasteiger partial charge is 0.212 e. The van der Waals surface area contributed by atoms with Gasteiger partial charge < -0.3 is 15.7 Å². The maximum atomic E-state index is 12.4. The first-order valence-electron chi connectivity index (χ1n) is 9.94. The van der Waals surface area contributed by atoms with Crippen LogP contribution in [0.25, 0.3) is 0 Å². The summed E-state index contributed by atoms with van der Waals surface area (Å²) in [6.07, 6.45) is 5.03. The third kappa shape index (κ3) is 3.56. The molecular weight excluding hydrogens is 364 g/mol. The van der Waals surface area contributed by atoms with E-state index in [1.54, 1.807) is 12.1 Å². The van der Waals surface area contributed by atoms with Crippen LogP contribution in [0.1, 0.15) is 47.5 Å². The summed E-state index contributed by atoms with van der Waals surface area (Å²) in [5.74, 6) is 0.0176. The van der Waals surface area contributed by atoms with Gasteiger partial charge in [-0.3, -0.25) is 9.59 Å². The van der Waals surface area contributed by atoms with E-state index in [2.05, 4.69) is 41.5 Å². The fraction of sp³-hybridized carbons (Fsp3) is 0.250. The van der Waals surface area contributed by atoms with Crippen molar-refractivity contribution in [2.45, 2.75) is 37.6 Å². The van der Waals surface area contributed by atoms with Crippen molar-refractivity contribution >= 4 is 17.8 Å². The maximum Gasteiger partial charge on any atom is 0.212 e. The molecule has 29 heavy (non-hydrogen) atoms. The maximum absolute atomic E-state index is 12.4. The molecule has 5 nitrogen and oxygen atoms in total. The zero-order valence-electron chi connectivity index (χ0n) is 16.2. The first-order valence-corrected chi connectivity index (χ1v) is 9.94. The number of hydrogen-bond donors (Lipinski definition) is 3. The molecule has 0 spiro atoms. The van der Waals surface area contributed by atoms with Crippen molar-refractivity contribution in [3.05, 3.63) is 83.2 Å². The van der Waals surface area contributed by atoms with Crippen LogP contribution in [0.2, 0.25) is 0 Å². The molecule has 0 radical (unpaired) electrons. The minimum Gasteiger partial charge on any atom is -0.505 e. The SMILES string of the molecule is C=C1C(=O)C(Nc2cccc(C=O)c2O)=C1NC1CCCCC1c1ccccc1. The fourth-order valence-electron chi connectivity index (χ4n) is 4.23. The third-order valence-corrected chi connectivity index (χ3v) is 5.83.